The van der Waals surface area contributed by atoms with E-state index < -0.39 is 11.3 Å². The predicted octanol–water partition coefficient (Wildman–Crippen LogP) is 2.35. The van der Waals surface area contributed by atoms with Gasteiger partial charge in [0, 0.05) is 18.1 Å². The zero-order valence-electron chi connectivity index (χ0n) is 9.17. The Morgan fingerprint density at radius 3 is 2.88 bits per heavy atom. The van der Waals surface area contributed by atoms with Gasteiger partial charge in [0.15, 0.2) is 0 Å². The maximum atomic E-state index is 12.8. The van der Waals surface area contributed by atoms with Gasteiger partial charge in [-0.3, -0.25) is 4.79 Å². The van der Waals surface area contributed by atoms with Gasteiger partial charge >= 0.3 is 5.97 Å². The van der Waals surface area contributed by atoms with Crippen molar-refractivity contribution in [3.8, 4) is 0 Å². The summed E-state index contributed by atoms with van der Waals surface area (Å²) in [7, 11) is 1.27. The summed E-state index contributed by atoms with van der Waals surface area (Å²) in [6.45, 7) is 0.654. The molecule has 0 bridgehead atoms. The summed E-state index contributed by atoms with van der Waals surface area (Å²) in [5.41, 5.74) is 0.738. The number of hydrogen-bond acceptors (Lipinski definition) is 3. The minimum atomic E-state index is -0.751. The fourth-order valence-corrected chi connectivity index (χ4v) is 1.64. The lowest BCUT2D eigenvalue weighted by Crippen LogP contribution is -2.29. The van der Waals surface area contributed by atoms with Gasteiger partial charge in [-0.2, -0.15) is 0 Å². The summed E-state index contributed by atoms with van der Waals surface area (Å²) < 4.78 is 17.2. The van der Waals surface area contributed by atoms with Crippen LogP contribution in [0.2, 0.25) is 5.02 Å². The number of rotatable bonds is 5. The van der Waals surface area contributed by atoms with Crippen molar-refractivity contribution in [2.24, 2.45) is 0 Å². The summed E-state index contributed by atoms with van der Waals surface area (Å²) in [6.07, 6.45) is 0. The minimum Gasteiger partial charge on any atom is -0.468 e. The van der Waals surface area contributed by atoms with Gasteiger partial charge in [-0.25, -0.2) is 4.39 Å². The van der Waals surface area contributed by atoms with E-state index in [1.54, 1.807) is 6.07 Å². The molecule has 1 unspecified atom stereocenters. The normalized spacial score (nSPS) is 12.2. The molecule has 0 heterocycles. The number of nitrogens with one attached hydrogen (secondary N) is 1. The first-order valence-corrected chi connectivity index (χ1v) is 5.72. The molecule has 0 spiro atoms. The highest BCUT2D eigenvalue weighted by atomic mass is 35.5. The first-order valence-electron chi connectivity index (χ1n) is 4.91. The van der Waals surface area contributed by atoms with E-state index >= 15 is 0 Å². The van der Waals surface area contributed by atoms with Crippen molar-refractivity contribution in [1.82, 2.24) is 5.32 Å². The van der Waals surface area contributed by atoms with Gasteiger partial charge in [-0.1, -0.05) is 17.7 Å². The van der Waals surface area contributed by atoms with E-state index in [9.17, 15) is 9.18 Å². The highest BCUT2D eigenvalue weighted by molar-refractivity contribution is 6.31. The molecule has 0 saturated heterocycles. The molecular weight excluding hydrogens is 268 g/mol. The summed E-state index contributed by atoms with van der Waals surface area (Å²) in [5, 5.41) is 2.52. The smallest absolute Gasteiger partial charge is 0.325 e. The average molecular weight is 280 g/mol. The van der Waals surface area contributed by atoms with Gasteiger partial charge in [0.25, 0.3) is 0 Å². The van der Waals surface area contributed by atoms with Crippen molar-refractivity contribution >= 4 is 29.2 Å². The SMILES string of the molecule is COC(=O)C(Cl)CNCc1ccc(F)cc1Cl. The number of ether oxygens (including phenoxy) is 1. The molecule has 0 aliphatic heterocycles. The molecule has 0 radical (unpaired) electrons. The molecule has 1 N–H and O–H groups in total. The molecule has 1 rings (SSSR count). The Bertz CT molecular complexity index is 401. The number of benzene rings is 1. The Balaban J connectivity index is 2.43. The molecule has 0 saturated carbocycles. The second-order valence-electron chi connectivity index (χ2n) is 3.36. The monoisotopic (exact) mass is 279 g/mol. The second kappa shape index (κ2) is 6.79. The number of esters is 1. The van der Waals surface area contributed by atoms with Crippen molar-refractivity contribution in [2.45, 2.75) is 11.9 Å². The van der Waals surface area contributed by atoms with Crippen molar-refractivity contribution in [3.63, 3.8) is 0 Å². The molecule has 94 valence electrons. The van der Waals surface area contributed by atoms with Gasteiger partial charge in [0.2, 0.25) is 0 Å². The molecule has 0 fully saturated rings. The summed E-state index contributed by atoms with van der Waals surface area (Å²) in [4.78, 5) is 11.0. The summed E-state index contributed by atoms with van der Waals surface area (Å²) >= 11 is 11.6. The van der Waals surface area contributed by atoms with E-state index in [4.69, 9.17) is 23.2 Å². The van der Waals surface area contributed by atoms with Crippen LogP contribution >= 0.6 is 23.2 Å². The molecule has 0 aliphatic carbocycles. The highest BCUT2D eigenvalue weighted by Gasteiger charge is 2.14. The Morgan fingerprint density at radius 1 is 1.59 bits per heavy atom. The van der Waals surface area contributed by atoms with Crippen LogP contribution in [0.4, 0.5) is 4.39 Å². The highest BCUT2D eigenvalue weighted by Crippen LogP contribution is 2.16. The van der Waals surface area contributed by atoms with Crippen LogP contribution in [0.15, 0.2) is 18.2 Å². The van der Waals surface area contributed by atoms with Crippen LogP contribution in [-0.4, -0.2) is 25.0 Å². The molecule has 17 heavy (non-hydrogen) atoms. The van der Waals surface area contributed by atoms with Gasteiger partial charge in [-0.15, -0.1) is 11.6 Å². The summed E-state index contributed by atoms with van der Waals surface area (Å²) in [5.74, 6) is -0.882. The van der Waals surface area contributed by atoms with E-state index in [1.165, 1.54) is 19.2 Å². The molecule has 0 amide bonds. The third-order valence-electron chi connectivity index (χ3n) is 2.11. The predicted molar refractivity (Wildman–Crippen MR) is 64.8 cm³/mol. The van der Waals surface area contributed by atoms with E-state index in [-0.39, 0.29) is 12.4 Å². The number of halogens is 3. The van der Waals surface area contributed by atoms with E-state index in [0.29, 0.717) is 11.6 Å². The Morgan fingerprint density at radius 2 is 2.29 bits per heavy atom. The first kappa shape index (κ1) is 14.2. The Hall–Kier alpha value is -0.840. The molecular formula is C11H12Cl2FNO2. The van der Waals surface area contributed by atoms with Crippen molar-refractivity contribution in [2.75, 3.05) is 13.7 Å². The largest absolute Gasteiger partial charge is 0.468 e. The fourth-order valence-electron chi connectivity index (χ4n) is 1.21. The van der Waals surface area contributed by atoms with Crippen molar-refractivity contribution in [3.05, 3.63) is 34.6 Å². The van der Waals surface area contributed by atoms with Crippen molar-refractivity contribution in [1.29, 1.82) is 0 Å². The zero-order chi connectivity index (χ0) is 12.8. The van der Waals surface area contributed by atoms with Gasteiger partial charge in [0.05, 0.1) is 7.11 Å². The standard InChI is InChI=1S/C11H12Cl2FNO2/c1-17-11(16)10(13)6-15-5-7-2-3-8(14)4-9(7)12/h2-4,10,15H,5-6H2,1H3. The lowest BCUT2D eigenvalue weighted by molar-refractivity contribution is -0.140. The van der Waals surface area contributed by atoms with E-state index in [0.717, 1.165) is 5.56 Å². The quantitative estimate of drug-likeness (QED) is 0.664. The number of alkyl halides is 1. The maximum absolute atomic E-state index is 12.8. The molecule has 3 nitrogen and oxygen atoms in total. The molecule has 1 aromatic rings. The Kier molecular flexibility index (Phi) is 5.68. The lowest BCUT2D eigenvalue weighted by Gasteiger charge is -2.09. The third kappa shape index (κ3) is 4.50. The van der Waals surface area contributed by atoms with Crippen LogP contribution in [0.3, 0.4) is 0 Å². The zero-order valence-corrected chi connectivity index (χ0v) is 10.7. The maximum Gasteiger partial charge on any atom is 0.325 e. The number of methoxy groups -OCH3 is 1. The fraction of sp³-hybridized carbons (Fsp3) is 0.364. The van der Waals surface area contributed by atoms with Gasteiger partial charge in [0.1, 0.15) is 11.2 Å². The van der Waals surface area contributed by atoms with Crippen LogP contribution in [0.1, 0.15) is 5.56 Å². The number of carbonyl (C=O) groups excluding carboxylic acids is 1. The number of carbonyl (C=O) groups is 1. The van der Waals surface area contributed by atoms with Crippen LogP contribution in [0.5, 0.6) is 0 Å². The molecule has 6 heteroatoms. The van der Waals surface area contributed by atoms with Crippen LogP contribution in [0, 0.1) is 5.82 Å². The molecule has 1 atom stereocenters. The third-order valence-corrected chi connectivity index (χ3v) is 2.80. The van der Waals surface area contributed by atoms with E-state index in [2.05, 4.69) is 10.1 Å². The van der Waals surface area contributed by atoms with Crippen LogP contribution < -0.4 is 5.32 Å². The van der Waals surface area contributed by atoms with Crippen molar-refractivity contribution < 1.29 is 13.9 Å². The Labute approximate surface area is 109 Å². The topological polar surface area (TPSA) is 38.3 Å². The van der Waals surface area contributed by atoms with Crippen LogP contribution in [-0.2, 0) is 16.1 Å². The second-order valence-corrected chi connectivity index (χ2v) is 4.29. The van der Waals surface area contributed by atoms with Gasteiger partial charge in [-0.05, 0) is 17.7 Å². The summed E-state index contributed by atoms with van der Waals surface area (Å²) in [6, 6.07) is 4.13. The lowest BCUT2D eigenvalue weighted by atomic mass is 10.2. The molecule has 0 aliphatic rings. The van der Waals surface area contributed by atoms with E-state index in [1.807, 2.05) is 0 Å². The van der Waals surface area contributed by atoms with Gasteiger partial charge < -0.3 is 10.1 Å². The first-order chi connectivity index (χ1) is 8.04. The minimum absolute atomic E-state index is 0.252. The molecule has 0 aromatic heterocycles. The molecule has 1 aromatic carbocycles. The average Bonchev–Trinajstić information content (AvgIpc) is 2.30. The van der Waals surface area contributed by atoms with Crippen LogP contribution in [0.25, 0.3) is 0 Å². The number of hydrogen-bond donors (Lipinski definition) is 1.